The fourth-order valence-electron chi connectivity index (χ4n) is 2.61. The zero-order valence-electron chi connectivity index (χ0n) is 13.9. The standard InChI is InChI=1S/C18H20Cl3NO3/c1-11(17(23)22-10-9-12-5-3-2-4-6-12)25-18(24)15-13(19)7-8-14(20)16(15)21/h5,7-8,11H,2-4,6,9-10H2,1H3,(H,22,23)/t11-/m0/s1. The van der Waals surface area contributed by atoms with Crippen molar-refractivity contribution in [3.05, 3.63) is 44.4 Å². The highest BCUT2D eigenvalue weighted by Gasteiger charge is 2.23. The molecule has 2 rings (SSSR count). The fraction of sp³-hybridized carbons (Fsp3) is 0.444. The van der Waals surface area contributed by atoms with Gasteiger partial charge in [0, 0.05) is 6.54 Å². The average Bonchev–Trinajstić information content (AvgIpc) is 2.59. The summed E-state index contributed by atoms with van der Waals surface area (Å²) in [7, 11) is 0. The van der Waals surface area contributed by atoms with Crippen molar-refractivity contribution in [3.8, 4) is 0 Å². The molecule has 7 heteroatoms. The molecular weight excluding hydrogens is 385 g/mol. The quantitative estimate of drug-likeness (QED) is 0.403. The highest BCUT2D eigenvalue weighted by molar-refractivity contribution is 6.46. The zero-order chi connectivity index (χ0) is 18.4. The van der Waals surface area contributed by atoms with Crippen LogP contribution in [0.15, 0.2) is 23.8 Å². The van der Waals surface area contributed by atoms with Crippen molar-refractivity contribution in [1.82, 2.24) is 5.32 Å². The molecule has 1 aliphatic carbocycles. The molecule has 0 heterocycles. The highest BCUT2D eigenvalue weighted by atomic mass is 35.5. The summed E-state index contributed by atoms with van der Waals surface area (Å²) in [6, 6.07) is 2.94. The number of nitrogens with one attached hydrogen (secondary N) is 1. The van der Waals surface area contributed by atoms with Crippen LogP contribution in [-0.2, 0) is 9.53 Å². The molecule has 1 aliphatic rings. The van der Waals surface area contributed by atoms with E-state index in [2.05, 4.69) is 11.4 Å². The molecule has 25 heavy (non-hydrogen) atoms. The molecule has 0 saturated heterocycles. The lowest BCUT2D eigenvalue weighted by Gasteiger charge is -2.16. The number of carbonyl (C=O) groups is 2. The van der Waals surface area contributed by atoms with Crippen LogP contribution >= 0.6 is 34.8 Å². The molecule has 1 N–H and O–H groups in total. The molecular formula is C18H20Cl3NO3. The summed E-state index contributed by atoms with van der Waals surface area (Å²) in [5, 5.41) is 3.10. The summed E-state index contributed by atoms with van der Waals surface area (Å²) in [5.74, 6) is -1.14. The number of benzene rings is 1. The molecule has 1 aromatic rings. The Morgan fingerprint density at radius 3 is 2.60 bits per heavy atom. The number of amides is 1. The molecule has 0 saturated carbocycles. The van der Waals surface area contributed by atoms with Crippen LogP contribution in [0.4, 0.5) is 0 Å². The van der Waals surface area contributed by atoms with E-state index in [4.69, 9.17) is 39.5 Å². The van der Waals surface area contributed by atoms with Crippen LogP contribution < -0.4 is 5.32 Å². The summed E-state index contributed by atoms with van der Waals surface area (Å²) in [5.41, 5.74) is 1.33. The summed E-state index contributed by atoms with van der Waals surface area (Å²) in [6.07, 6.45) is 6.73. The number of esters is 1. The Bertz CT molecular complexity index is 688. The van der Waals surface area contributed by atoms with Crippen molar-refractivity contribution < 1.29 is 14.3 Å². The molecule has 0 fully saturated rings. The van der Waals surface area contributed by atoms with E-state index < -0.39 is 12.1 Å². The number of halogens is 3. The van der Waals surface area contributed by atoms with E-state index in [0.717, 1.165) is 19.3 Å². The molecule has 1 amide bonds. The Morgan fingerprint density at radius 1 is 1.20 bits per heavy atom. The first-order chi connectivity index (χ1) is 11.9. The van der Waals surface area contributed by atoms with Gasteiger partial charge in [-0.15, -0.1) is 0 Å². The molecule has 0 aliphatic heterocycles. The number of rotatable bonds is 6. The van der Waals surface area contributed by atoms with Crippen LogP contribution in [0.1, 0.15) is 49.4 Å². The number of carbonyl (C=O) groups excluding carboxylic acids is 2. The minimum Gasteiger partial charge on any atom is -0.449 e. The van der Waals surface area contributed by atoms with Crippen molar-refractivity contribution in [2.45, 2.75) is 45.1 Å². The third-order valence-electron chi connectivity index (χ3n) is 4.03. The van der Waals surface area contributed by atoms with Gasteiger partial charge < -0.3 is 10.1 Å². The monoisotopic (exact) mass is 403 g/mol. The van der Waals surface area contributed by atoms with Gasteiger partial charge in [-0.3, -0.25) is 4.79 Å². The summed E-state index contributed by atoms with van der Waals surface area (Å²) >= 11 is 17.9. The minimum absolute atomic E-state index is 0.0102. The smallest absolute Gasteiger partial charge is 0.342 e. The maximum absolute atomic E-state index is 12.2. The third-order valence-corrected chi connectivity index (χ3v) is 5.15. The summed E-state index contributed by atoms with van der Waals surface area (Å²) in [6.45, 7) is 2.02. The molecule has 4 nitrogen and oxygen atoms in total. The lowest BCUT2D eigenvalue weighted by molar-refractivity contribution is -0.129. The van der Waals surface area contributed by atoms with Crippen LogP contribution in [-0.4, -0.2) is 24.5 Å². The average molecular weight is 405 g/mol. The maximum Gasteiger partial charge on any atom is 0.342 e. The van der Waals surface area contributed by atoms with Crippen molar-refractivity contribution >= 4 is 46.7 Å². The van der Waals surface area contributed by atoms with Gasteiger partial charge >= 0.3 is 5.97 Å². The van der Waals surface area contributed by atoms with E-state index >= 15 is 0 Å². The van der Waals surface area contributed by atoms with Crippen molar-refractivity contribution in [3.63, 3.8) is 0 Å². The Hall–Kier alpha value is -1.23. The molecule has 0 aromatic heterocycles. The highest BCUT2D eigenvalue weighted by Crippen LogP contribution is 2.32. The minimum atomic E-state index is -0.959. The van der Waals surface area contributed by atoms with Crippen LogP contribution in [0.25, 0.3) is 0 Å². The van der Waals surface area contributed by atoms with E-state index in [1.165, 1.54) is 37.5 Å². The van der Waals surface area contributed by atoms with Gasteiger partial charge in [0.15, 0.2) is 6.10 Å². The van der Waals surface area contributed by atoms with Crippen molar-refractivity contribution in [2.24, 2.45) is 0 Å². The second-order valence-electron chi connectivity index (χ2n) is 5.91. The number of hydrogen-bond donors (Lipinski definition) is 1. The topological polar surface area (TPSA) is 55.4 Å². The van der Waals surface area contributed by atoms with Gasteiger partial charge in [0.1, 0.15) is 0 Å². The first-order valence-electron chi connectivity index (χ1n) is 8.20. The Morgan fingerprint density at radius 2 is 1.92 bits per heavy atom. The third kappa shape index (κ3) is 5.63. The van der Waals surface area contributed by atoms with Gasteiger partial charge in [0.2, 0.25) is 0 Å². The SMILES string of the molecule is C[C@H](OC(=O)c1c(Cl)ccc(Cl)c1Cl)C(=O)NCCC1=CCCCC1. The van der Waals surface area contributed by atoms with Crippen LogP contribution in [0.3, 0.4) is 0 Å². The lowest BCUT2D eigenvalue weighted by atomic mass is 9.97. The number of hydrogen-bond acceptors (Lipinski definition) is 3. The van der Waals surface area contributed by atoms with Crippen LogP contribution in [0, 0.1) is 0 Å². The van der Waals surface area contributed by atoms with E-state index in [1.54, 1.807) is 0 Å². The van der Waals surface area contributed by atoms with E-state index in [0.29, 0.717) is 6.54 Å². The Kier molecular flexibility index (Phi) is 7.60. The normalized spacial score (nSPS) is 15.3. The molecule has 0 bridgehead atoms. The maximum atomic E-state index is 12.2. The van der Waals surface area contributed by atoms with Crippen molar-refractivity contribution in [2.75, 3.05) is 6.54 Å². The Labute approximate surface area is 162 Å². The van der Waals surface area contributed by atoms with Crippen LogP contribution in [0.5, 0.6) is 0 Å². The van der Waals surface area contributed by atoms with Gasteiger partial charge in [-0.05, 0) is 51.2 Å². The second-order valence-corrected chi connectivity index (χ2v) is 7.11. The first kappa shape index (κ1) is 20.1. The molecule has 1 aromatic carbocycles. The Balaban J connectivity index is 1.87. The molecule has 0 radical (unpaired) electrons. The van der Waals surface area contributed by atoms with Gasteiger partial charge in [-0.1, -0.05) is 46.5 Å². The van der Waals surface area contributed by atoms with E-state index in [9.17, 15) is 9.59 Å². The van der Waals surface area contributed by atoms with Gasteiger partial charge in [0.25, 0.3) is 5.91 Å². The zero-order valence-corrected chi connectivity index (χ0v) is 16.2. The van der Waals surface area contributed by atoms with E-state index in [1.807, 2.05) is 0 Å². The molecule has 0 unspecified atom stereocenters. The molecule has 0 spiro atoms. The predicted octanol–water partition coefficient (Wildman–Crippen LogP) is 5.20. The van der Waals surface area contributed by atoms with Gasteiger partial charge in [0.05, 0.1) is 20.6 Å². The number of ether oxygens (including phenoxy) is 1. The summed E-state index contributed by atoms with van der Waals surface area (Å²) < 4.78 is 5.16. The first-order valence-corrected chi connectivity index (χ1v) is 9.33. The largest absolute Gasteiger partial charge is 0.449 e. The molecule has 1 atom stereocenters. The second kappa shape index (κ2) is 9.46. The predicted molar refractivity (Wildman–Crippen MR) is 101 cm³/mol. The van der Waals surface area contributed by atoms with Gasteiger partial charge in [-0.2, -0.15) is 0 Å². The molecule has 136 valence electrons. The van der Waals surface area contributed by atoms with Gasteiger partial charge in [-0.25, -0.2) is 4.79 Å². The lowest BCUT2D eigenvalue weighted by Crippen LogP contribution is -2.36. The number of allylic oxidation sites excluding steroid dienone is 1. The summed E-state index contributed by atoms with van der Waals surface area (Å²) in [4.78, 5) is 24.3. The fourth-order valence-corrected chi connectivity index (χ4v) is 3.29. The van der Waals surface area contributed by atoms with Crippen molar-refractivity contribution in [1.29, 1.82) is 0 Å². The van der Waals surface area contributed by atoms with Crippen LogP contribution in [0.2, 0.25) is 15.1 Å². The van der Waals surface area contributed by atoms with E-state index in [-0.39, 0.29) is 26.5 Å².